The van der Waals surface area contributed by atoms with Gasteiger partial charge in [-0.15, -0.1) is 0 Å². The van der Waals surface area contributed by atoms with Gasteiger partial charge in [0, 0.05) is 36.9 Å². The lowest BCUT2D eigenvalue weighted by Gasteiger charge is -2.55. The van der Waals surface area contributed by atoms with E-state index in [0.29, 0.717) is 30.0 Å². The van der Waals surface area contributed by atoms with E-state index in [9.17, 15) is 18.4 Å². The molecule has 11 heteroatoms. The first-order valence-electron chi connectivity index (χ1n) is 12.2. The molecule has 0 radical (unpaired) electrons. The Hall–Kier alpha value is -3.15. The average Bonchev–Trinajstić information content (AvgIpc) is 3.16. The highest BCUT2D eigenvalue weighted by atomic mass is 19.2. The van der Waals surface area contributed by atoms with Crippen LogP contribution in [0.4, 0.5) is 14.5 Å². The SMILES string of the molecule is CC1OC(C(=O)Nc2ccnc(C(N)=O)c2)C[C@@H]1C.Fc1cccc(OCCN2CC3(COC3)C2)c1F. The third kappa shape index (κ3) is 6.60. The van der Waals surface area contributed by atoms with E-state index in [4.69, 9.17) is 19.9 Å². The summed E-state index contributed by atoms with van der Waals surface area (Å²) in [7, 11) is 0. The number of nitrogens with zero attached hydrogens (tertiary/aromatic N) is 2. The van der Waals surface area contributed by atoms with Gasteiger partial charge in [-0.2, -0.15) is 4.39 Å². The number of carbonyl (C=O) groups is 2. The molecule has 0 bridgehead atoms. The van der Waals surface area contributed by atoms with Crippen LogP contribution in [-0.2, 0) is 14.3 Å². The molecule has 0 aliphatic carbocycles. The molecule has 4 heterocycles. The molecular formula is C26H32F2N4O5. The summed E-state index contributed by atoms with van der Waals surface area (Å²) in [6.45, 7) is 8.84. The van der Waals surface area contributed by atoms with Crippen molar-refractivity contribution in [3.8, 4) is 5.75 Å². The molecule has 3 aliphatic rings. The maximum Gasteiger partial charge on any atom is 0.267 e. The summed E-state index contributed by atoms with van der Waals surface area (Å²) in [6, 6.07) is 7.01. The highest BCUT2D eigenvalue weighted by Crippen LogP contribution is 2.37. The molecule has 3 atom stereocenters. The quantitative estimate of drug-likeness (QED) is 0.579. The third-order valence-electron chi connectivity index (χ3n) is 6.85. The Labute approximate surface area is 214 Å². The first kappa shape index (κ1) is 26.9. The van der Waals surface area contributed by atoms with E-state index in [2.05, 4.69) is 22.1 Å². The van der Waals surface area contributed by atoms with E-state index in [-0.39, 0.29) is 23.5 Å². The van der Waals surface area contributed by atoms with Crippen molar-refractivity contribution in [1.29, 1.82) is 0 Å². The van der Waals surface area contributed by atoms with Gasteiger partial charge in [0.25, 0.3) is 11.8 Å². The predicted octanol–water partition coefficient (Wildman–Crippen LogP) is 2.61. The van der Waals surface area contributed by atoms with Gasteiger partial charge in [0.15, 0.2) is 11.6 Å². The number of halogens is 2. The summed E-state index contributed by atoms with van der Waals surface area (Å²) >= 11 is 0. The zero-order valence-corrected chi connectivity index (χ0v) is 20.9. The number of pyridine rings is 1. The largest absolute Gasteiger partial charge is 0.489 e. The molecule has 37 heavy (non-hydrogen) atoms. The lowest BCUT2D eigenvalue weighted by molar-refractivity contribution is -0.189. The van der Waals surface area contributed by atoms with Crippen LogP contribution in [-0.4, -0.2) is 73.4 Å². The molecule has 3 saturated heterocycles. The summed E-state index contributed by atoms with van der Waals surface area (Å²) in [5.74, 6) is -2.29. The van der Waals surface area contributed by atoms with Crippen molar-refractivity contribution in [1.82, 2.24) is 9.88 Å². The molecule has 2 unspecified atom stereocenters. The molecule has 1 aromatic heterocycles. The zero-order valence-electron chi connectivity index (χ0n) is 20.9. The Kier molecular flexibility index (Phi) is 8.35. The summed E-state index contributed by atoms with van der Waals surface area (Å²) < 4.78 is 42.2. The van der Waals surface area contributed by atoms with Crippen molar-refractivity contribution in [3.63, 3.8) is 0 Å². The van der Waals surface area contributed by atoms with E-state index >= 15 is 0 Å². The van der Waals surface area contributed by atoms with Gasteiger partial charge in [-0.05, 0) is 43.5 Å². The van der Waals surface area contributed by atoms with Crippen molar-refractivity contribution in [2.75, 3.05) is 44.8 Å². The lowest BCUT2D eigenvalue weighted by Crippen LogP contribution is -2.66. The monoisotopic (exact) mass is 518 g/mol. The number of ether oxygens (including phenoxy) is 3. The number of carbonyl (C=O) groups excluding carboxylic acids is 2. The van der Waals surface area contributed by atoms with Crippen LogP contribution in [0.15, 0.2) is 36.5 Å². The zero-order chi connectivity index (χ0) is 26.6. The summed E-state index contributed by atoms with van der Waals surface area (Å²) in [5.41, 5.74) is 6.12. The first-order valence-corrected chi connectivity index (χ1v) is 12.2. The third-order valence-corrected chi connectivity index (χ3v) is 6.85. The molecule has 2 amide bonds. The number of primary amides is 1. The molecule has 5 rings (SSSR count). The van der Waals surface area contributed by atoms with Crippen LogP contribution < -0.4 is 15.8 Å². The fourth-order valence-corrected chi connectivity index (χ4v) is 4.53. The van der Waals surface area contributed by atoms with Crippen molar-refractivity contribution < 1.29 is 32.6 Å². The Morgan fingerprint density at radius 1 is 1.24 bits per heavy atom. The second kappa shape index (κ2) is 11.5. The van der Waals surface area contributed by atoms with E-state index < -0.39 is 23.6 Å². The minimum Gasteiger partial charge on any atom is -0.489 e. The van der Waals surface area contributed by atoms with Gasteiger partial charge in [0.1, 0.15) is 18.4 Å². The van der Waals surface area contributed by atoms with Crippen molar-refractivity contribution in [2.24, 2.45) is 17.1 Å². The van der Waals surface area contributed by atoms with Crippen LogP contribution in [0.1, 0.15) is 30.8 Å². The Morgan fingerprint density at radius 2 is 2.00 bits per heavy atom. The minimum absolute atomic E-state index is 0.0165. The number of nitrogens with two attached hydrogens (primary N) is 1. The van der Waals surface area contributed by atoms with Gasteiger partial charge in [0.2, 0.25) is 5.82 Å². The summed E-state index contributed by atoms with van der Waals surface area (Å²) in [4.78, 5) is 29.1. The van der Waals surface area contributed by atoms with Crippen molar-refractivity contribution >= 4 is 17.5 Å². The van der Waals surface area contributed by atoms with E-state index in [1.54, 1.807) is 6.07 Å². The normalized spacial score (nSPS) is 23.8. The topological polar surface area (TPSA) is 116 Å². The van der Waals surface area contributed by atoms with Crippen LogP contribution in [0.5, 0.6) is 5.75 Å². The van der Waals surface area contributed by atoms with Crippen LogP contribution in [0.25, 0.3) is 0 Å². The van der Waals surface area contributed by atoms with Gasteiger partial charge in [-0.3, -0.25) is 19.5 Å². The molecule has 3 fully saturated rings. The smallest absolute Gasteiger partial charge is 0.267 e. The maximum absolute atomic E-state index is 13.3. The molecule has 3 aliphatic heterocycles. The highest BCUT2D eigenvalue weighted by molar-refractivity contribution is 5.96. The van der Waals surface area contributed by atoms with Gasteiger partial charge in [-0.25, -0.2) is 4.39 Å². The minimum atomic E-state index is -0.912. The van der Waals surface area contributed by atoms with Crippen molar-refractivity contribution in [3.05, 3.63) is 53.9 Å². The number of likely N-dealkylation sites (tertiary alicyclic amines) is 1. The fourth-order valence-electron chi connectivity index (χ4n) is 4.53. The van der Waals surface area contributed by atoms with Gasteiger partial charge < -0.3 is 25.3 Å². The first-order chi connectivity index (χ1) is 17.7. The second-order valence-electron chi connectivity index (χ2n) is 9.93. The van der Waals surface area contributed by atoms with E-state index in [0.717, 1.165) is 38.9 Å². The van der Waals surface area contributed by atoms with Gasteiger partial charge in [0.05, 0.1) is 19.3 Å². The maximum atomic E-state index is 13.3. The van der Waals surface area contributed by atoms with Crippen LogP contribution in [0.3, 0.4) is 0 Å². The molecule has 1 spiro atoms. The number of hydrogen-bond donors (Lipinski definition) is 2. The number of rotatable bonds is 7. The molecule has 0 saturated carbocycles. The summed E-state index contributed by atoms with van der Waals surface area (Å²) in [5, 5.41) is 2.71. The number of benzene rings is 1. The van der Waals surface area contributed by atoms with Crippen LogP contribution in [0.2, 0.25) is 0 Å². The number of hydrogen-bond acceptors (Lipinski definition) is 7. The second-order valence-corrected chi connectivity index (χ2v) is 9.93. The Morgan fingerprint density at radius 3 is 2.62 bits per heavy atom. The Balaban J connectivity index is 0.000000173. The fraction of sp³-hybridized carbons (Fsp3) is 0.500. The van der Waals surface area contributed by atoms with E-state index in [1.165, 1.54) is 24.4 Å². The molecular weight excluding hydrogens is 486 g/mol. The predicted molar refractivity (Wildman–Crippen MR) is 131 cm³/mol. The van der Waals surface area contributed by atoms with Gasteiger partial charge >= 0.3 is 0 Å². The van der Waals surface area contributed by atoms with Crippen LogP contribution >= 0.6 is 0 Å². The molecule has 3 N–H and O–H groups in total. The molecule has 2 aromatic rings. The lowest BCUT2D eigenvalue weighted by atomic mass is 9.78. The van der Waals surface area contributed by atoms with E-state index in [1.807, 2.05) is 6.92 Å². The average molecular weight is 519 g/mol. The molecule has 9 nitrogen and oxygen atoms in total. The number of nitrogens with one attached hydrogen (secondary N) is 1. The Bertz CT molecular complexity index is 1110. The number of anilines is 1. The summed E-state index contributed by atoms with van der Waals surface area (Å²) in [6.07, 6.45) is 1.75. The number of aromatic nitrogens is 1. The van der Waals surface area contributed by atoms with Crippen LogP contribution in [0, 0.1) is 23.0 Å². The molecule has 200 valence electrons. The van der Waals surface area contributed by atoms with Crippen molar-refractivity contribution in [2.45, 2.75) is 32.5 Å². The van der Waals surface area contributed by atoms with Gasteiger partial charge in [-0.1, -0.05) is 13.0 Å². The highest BCUT2D eigenvalue weighted by Gasteiger charge is 2.48. The number of amides is 2. The standard InChI is InChI=1S/C13H15F2NO2.C13H17N3O3/c14-10-2-1-3-11(12(10)15)18-5-4-16-6-13(7-16)8-17-9-13;1-7-5-11(19-8(7)2)13(18)16-9-3-4-15-10(6-9)12(14)17/h1-3H,4-9H2;3-4,6-8,11H,5H2,1-2H3,(H2,14,17)(H,15,16,18)/t;7-,8?,11?/m.0/s1. The molecule has 1 aromatic carbocycles.